The molecule has 0 bridgehead atoms. The fourth-order valence-electron chi connectivity index (χ4n) is 1.85. The van der Waals surface area contributed by atoms with Crippen LogP contribution in [0.1, 0.15) is 26.2 Å². The lowest BCUT2D eigenvalue weighted by Crippen LogP contribution is -2.38. The Balaban J connectivity index is 2.25. The molecule has 1 atom stereocenters. The lowest BCUT2D eigenvalue weighted by molar-refractivity contribution is 0.0643. The van der Waals surface area contributed by atoms with Gasteiger partial charge in [0.25, 0.3) is 6.43 Å². The molecule has 0 radical (unpaired) electrons. The second-order valence-electron chi connectivity index (χ2n) is 3.57. The molecule has 1 rings (SSSR count). The standard InChI is InChI=1S/C9H17F2N/c1-2-8-4-3-5-12(6-8)7-9(10)11/h8-9H,2-7H2,1H3/t8-/m1/s1. The van der Waals surface area contributed by atoms with E-state index in [0.29, 0.717) is 5.92 Å². The van der Waals surface area contributed by atoms with E-state index in [4.69, 9.17) is 0 Å². The normalized spacial score (nSPS) is 26.5. The summed E-state index contributed by atoms with van der Waals surface area (Å²) >= 11 is 0. The molecule has 1 fully saturated rings. The Hall–Kier alpha value is -0.180. The van der Waals surface area contributed by atoms with Gasteiger partial charge in [-0.2, -0.15) is 0 Å². The zero-order chi connectivity index (χ0) is 8.97. The van der Waals surface area contributed by atoms with Crippen molar-refractivity contribution in [1.82, 2.24) is 4.90 Å². The minimum atomic E-state index is -2.17. The molecular formula is C9H17F2N. The topological polar surface area (TPSA) is 3.24 Å². The summed E-state index contributed by atoms with van der Waals surface area (Å²) in [5.74, 6) is 0.650. The summed E-state index contributed by atoms with van der Waals surface area (Å²) in [4.78, 5) is 1.89. The molecule has 0 saturated carbocycles. The van der Waals surface area contributed by atoms with Gasteiger partial charge in [-0.3, -0.25) is 4.90 Å². The molecule has 0 aromatic carbocycles. The van der Waals surface area contributed by atoms with Crippen molar-refractivity contribution >= 4 is 0 Å². The minimum Gasteiger partial charge on any atom is -0.297 e. The van der Waals surface area contributed by atoms with E-state index in [1.165, 1.54) is 6.42 Å². The van der Waals surface area contributed by atoms with E-state index < -0.39 is 6.43 Å². The lowest BCUT2D eigenvalue weighted by atomic mass is 9.96. The first-order chi connectivity index (χ1) is 5.72. The van der Waals surface area contributed by atoms with Crippen molar-refractivity contribution in [2.45, 2.75) is 32.6 Å². The number of piperidine rings is 1. The third-order valence-electron chi connectivity index (χ3n) is 2.58. The second-order valence-corrected chi connectivity index (χ2v) is 3.57. The molecule has 12 heavy (non-hydrogen) atoms. The molecule has 0 spiro atoms. The van der Waals surface area contributed by atoms with Crippen LogP contribution in [0, 0.1) is 5.92 Å². The van der Waals surface area contributed by atoms with Crippen molar-refractivity contribution in [3.8, 4) is 0 Å². The molecular weight excluding hydrogens is 160 g/mol. The first-order valence-corrected chi connectivity index (χ1v) is 4.73. The summed E-state index contributed by atoms with van der Waals surface area (Å²) in [6.07, 6.45) is 1.27. The van der Waals surface area contributed by atoms with Gasteiger partial charge in [0.1, 0.15) is 0 Å². The van der Waals surface area contributed by atoms with Crippen LogP contribution in [-0.4, -0.2) is 31.0 Å². The van der Waals surface area contributed by atoms with Gasteiger partial charge in [0.2, 0.25) is 0 Å². The molecule has 1 nitrogen and oxygen atoms in total. The highest BCUT2D eigenvalue weighted by Gasteiger charge is 2.20. The fourth-order valence-corrected chi connectivity index (χ4v) is 1.85. The van der Waals surface area contributed by atoms with Crippen molar-refractivity contribution in [2.75, 3.05) is 19.6 Å². The second kappa shape index (κ2) is 4.75. The molecule has 0 aromatic heterocycles. The molecule has 1 aliphatic heterocycles. The predicted molar refractivity (Wildman–Crippen MR) is 45.5 cm³/mol. The van der Waals surface area contributed by atoms with Crippen molar-refractivity contribution in [3.05, 3.63) is 0 Å². The summed E-state index contributed by atoms with van der Waals surface area (Å²) in [7, 11) is 0. The third kappa shape index (κ3) is 3.05. The van der Waals surface area contributed by atoms with Gasteiger partial charge in [0.05, 0.1) is 6.54 Å². The first kappa shape index (κ1) is 9.90. The number of halogens is 2. The van der Waals surface area contributed by atoms with Crippen LogP contribution in [0.4, 0.5) is 8.78 Å². The Morgan fingerprint density at radius 1 is 1.50 bits per heavy atom. The fraction of sp³-hybridized carbons (Fsp3) is 1.00. The highest BCUT2D eigenvalue weighted by atomic mass is 19.3. The Kier molecular flexibility index (Phi) is 3.92. The Labute approximate surface area is 72.7 Å². The van der Waals surface area contributed by atoms with Crippen molar-refractivity contribution in [2.24, 2.45) is 5.92 Å². The number of alkyl halides is 2. The highest BCUT2D eigenvalue weighted by molar-refractivity contribution is 4.72. The summed E-state index contributed by atoms with van der Waals surface area (Å²) < 4.78 is 24.0. The van der Waals surface area contributed by atoms with Crippen LogP contribution in [0.2, 0.25) is 0 Å². The van der Waals surface area contributed by atoms with Crippen LogP contribution < -0.4 is 0 Å². The molecule has 0 aromatic rings. The lowest BCUT2D eigenvalue weighted by Gasteiger charge is -2.31. The van der Waals surface area contributed by atoms with Gasteiger partial charge < -0.3 is 0 Å². The Bertz CT molecular complexity index is 128. The maximum absolute atomic E-state index is 12.0. The van der Waals surface area contributed by atoms with E-state index in [9.17, 15) is 8.78 Å². The first-order valence-electron chi connectivity index (χ1n) is 4.73. The van der Waals surface area contributed by atoms with Gasteiger partial charge in [-0.25, -0.2) is 8.78 Å². The van der Waals surface area contributed by atoms with E-state index in [2.05, 4.69) is 6.92 Å². The molecule has 1 saturated heterocycles. The average Bonchev–Trinajstić information content (AvgIpc) is 2.03. The largest absolute Gasteiger partial charge is 0.297 e. The van der Waals surface area contributed by atoms with Gasteiger partial charge in [-0.05, 0) is 25.3 Å². The molecule has 3 heteroatoms. The molecule has 0 aliphatic carbocycles. The molecule has 0 unspecified atom stereocenters. The summed E-state index contributed by atoms with van der Waals surface area (Å²) in [5.41, 5.74) is 0. The number of nitrogens with zero attached hydrogens (tertiary/aromatic N) is 1. The van der Waals surface area contributed by atoms with Crippen molar-refractivity contribution < 1.29 is 8.78 Å². The van der Waals surface area contributed by atoms with Gasteiger partial charge in [-0.1, -0.05) is 13.3 Å². The van der Waals surface area contributed by atoms with Gasteiger partial charge in [0, 0.05) is 6.54 Å². The molecule has 1 heterocycles. The predicted octanol–water partition coefficient (Wildman–Crippen LogP) is 2.37. The van der Waals surface area contributed by atoms with E-state index in [1.807, 2.05) is 4.90 Å². The van der Waals surface area contributed by atoms with Crippen LogP contribution in [0.3, 0.4) is 0 Å². The summed E-state index contributed by atoms with van der Waals surface area (Å²) in [6, 6.07) is 0. The van der Waals surface area contributed by atoms with E-state index in [1.54, 1.807) is 0 Å². The van der Waals surface area contributed by atoms with Crippen molar-refractivity contribution in [1.29, 1.82) is 0 Å². The average molecular weight is 177 g/mol. The summed E-state index contributed by atoms with van der Waals surface area (Å²) in [5, 5.41) is 0. The Morgan fingerprint density at radius 2 is 2.25 bits per heavy atom. The smallest absolute Gasteiger partial charge is 0.251 e. The van der Waals surface area contributed by atoms with Crippen LogP contribution in [-0.2, 0) is 0 Å². The van der Waals surface area contributed by atoms with E-state index >= 15 is 0 Å². The maximum Gasteiger partial charge on any atom is 0.251 e. The molecule has 0 amide bonds. The number of hydrogen-bond acceptors (Lipinski definition) is 1. The van der Waals surface area contributed by atoms with Gasteiger partial charge >= 0.3 is 0 Å². The van der Waals surface area contributed by atoms with Crippen molar-refractivity contribution in [3.63, 3.8) is 0 Å². The molecule has 1 aliphatic rings. The van der Waals surface area contributed by atoms with Crippen LogP contribution in [0.15, 0.2) is 0 Å². The maximum atomic E-state index is 12.0. The zero-order valence-electron chi connectivity index (χ0n) is 7.60. The Morgan fingerprint density at radius 3 is 2.83 bits per heavy atom. The molecule has 0 N–H and O–H groups in total. The summed E-state index contributed by atoms with van der Waals surface area (Å²) in [6.45, 7) is 3.84. The highest BCUT2D eigenvalue weighted by Crippen LogP contribution is 2.19. The van der Waals surface area contributed by atoms with Crippen LogP contribution in [0.25, 0.3) is 0 Å². The third-order valence-corrected chi connectivity index (χ3v) is 2.58. The minimum absolute atomic E-state index is 0.0312. The van der Waals surface area contributed by atoms with Gasteiger partial charge in [-0.15, -0.1) is 0 Å². The monoisotopic (exact) mass is 177 g/mol. The quantitative estimate of drug-likeness (QED) is 0.639. The van der Waals surface area contributed by atoms with E-state index in [-0.39, 0.29) is 6.54 Å². The number of likely N-dealkylation sites (tertiary alicyclic amines) is 1. The van der Waals surface area contributed by atoms with E-state index in [0.717, 1.165) is 25.9 Å². The van der Waals surface area contributed by atoms with Gasteiger partial charge in [0.15, 0.2) is 0 Å². The zero-order valence-corrected chi connectivity index (χ0v) is 7.60. The SMILES string of the molecule is CC[C@@H]1CCCN(CC(F)F)C1. The van der Waals surface area contributed by atoms with Crippen LogP contribution >= 0.6 is 0 Å². The number of rotatable bonds is 3. The number of hydrogen-bond donors (Lipinski definition) is 0. The van der Waals surface area contributed by atoms with Crippen LogP contribution in [0.5, 0.6) is 0 Å². The molecule has 72 valence electrons.